The zero-order chi connectivity index (χ0) is 10.7. The summed E-state index contributed by atoms with van der Waals surface area (Å²) >= 11 is 5.74. The fourth-order valence-corrected chi connectivity index (χ4v) is 2.06. The van der Waals surface area contributed by atoms with Gasteiger partial charge in [-0.3, -0.25) is 9.89 Å². The lowest BCUT2D eigenvalue weighted by atomic mass is 10.1. The third kappa shape index (κ3) is 2.50. The van der Waals surface area contributed by atoms with Crippen LogP contribution in [0.25, 0.3) is 0 Å². The summed E-state index contributed by atoms with van der Waals surface area (Å²) in [7, 11) is 0. The van der Waals surface area contributed by atoms with Crippen LogP contribution in [0, 0.1) is 5.92 Å². The standard InChI is InChI=1S/C10H14ClN3O/c11-4-9-3-10(15)14(7-9)2-1-8-5-12-13-6-8/h5-6,9H,1-4,7H2,(H,12,13). The summed E-state index contributed by atoms with van der Waals surface area (Å²) in [5, 5.41) is 6.63. The second-order valence-electron chi connectivity index (χ2n) is 3.92. The Kier molecular flexibility index (Phi) is 3.26. The van der Waals surface area contributed by atoms with Gasteiger partial charge in [-0.05, 0) is 17.9 Å². The van der Waals surface area contributed by atoms with Gasteiger partial charge in [0.2, 0.25) is 5.91 Å². The molecule has 1 aromatic heterocycles. The van der Waals surface area contributed by atoms with Crippen molar-refractivity contribution >= 4 is 17.5 Å². The topological polar surface area (TPSA) is 49.0 Å². The van der Waals surface area contributed by atoms with Crippen molar-refractivity contribution in [2.24, 2.45) is 5.92 Å². The fraction of sp³-hybridized carbons (Fsp3) is 0.600. The zero-order valence-electron chi connectivity index (χ0n) is 8.45. The van der Waals surface area contributed by atoms with E-state index in [1.54, 1.807) is 6.20 Å². The number of nitrogens with one attached hydrogen (secondary N) is 1. The number of carbonyl (C=O) groups excluding carboxylic acids is 1. The molecule has 1 unspecified atom stereocenters. The molecule has 2 rings (SSSR count). The molecule has 0 spiro atoms. The number of halogens is 1. The second kappa shape index (κ2) is 4.66. The molecule has 0 bridgehead atoms. The van der Waals surface area contributed by atoms with Crippen molar-refractivity contribution in [3.8, 4) is 0 Å². The lowest BCUT2D eigenvalue weighted by Gasteiger charge is -2.15. The van der Waals surface area contributed by atoms with E-state index in [2.05, 4.69) is 10.2 Å². The average Bonchev–Trinajstić information content (AvgIpc) is 2.84. The SMILES string of the molecule is O=C1CC(CCl)CN1CCc1cn[nH]c1. The molecule has 1 fully saturated rings. The van der Waals surface area contributed by atoms with Crippen molar-refractivity contribution in [1.82, 2.24) is 15.1 Å². The predicted molar refractivity (Wildman–Crippen MR) is 57.7 cm³/mol. The molecule has 1 atom stereocenters. The maximum Gasteiger partial charge on any atom is 0.222 e. The van der Waals surface area contributed by atoms with Crippen LogP contribution in [-0.2, 0) is 11.2 Å². The van der Waals surface area contributed by atoms with E-state index < -0.39 is 0 Å². The molecule has 2 heterocycles. The second-order valence-corrected chi connectivity index (χ2v) is 4.23. The van der Waals surface area contributed by atoms with Crippen LogP contribution in [0.15, 0.2) is 12.4 Å². The molecule has 0 radical (unpaired) electrons. The van der Waals surface area contributed by atoms with Crippen LogP contribution in [-0.4, -0.2) is 40.0 Å². The third-order valence-corrected chi connectivity index (χ3v) is 3.17. The minimum absolute atomic E-state index is 0.226. The molecule has 0 aromatic carbocycles. The smallest absolute Gasteiger partial charge is 0.222 e. The quantitative estimate of drug-likeness (QED) is 0.782. The van der Waals surface area contributed by atoms with Gasteiger partial charge in [-0.25, -0.2) is 0 Å². The summed E-state index contributed by atoms with van der Waals surface area (Å²) in [6.45, 7) is 1.58. The molecule has 4 nitrogen and oxygen atoms in total. The Morgan fingerprint density at radius 3 is 3.13 bits per heavy atom. The van der Waals surface area contributed by atoms with Gasteiger partial charge in [-0.1, -0.05) is 0 Å². The van der Waals surface area contributed by atoms with E-state index in [1.807, 2.05) is 11.1 Å². The highest BCUT2D eigenvalue weighted by molar-refractivity contribution is 6.18. The van der Waals surface area contributed by atoms with E-state index in [1.165, 1.54) is 0 Å². The highest BCUT2D eigenvalue weighted by Crippen LogP contribution is 2.18. The minimum atomic E-state index is 0.226. The number of carbonyl (C=O) groups is 1. The molecule has 5 heteroatoms. The summed E-state index contributed by atoms with van der Waals surface area (Å²) in [5.74, 6) is 1.14. The number of likely N-dealkylation sites (tertiary alicyclic amines) is 1. The molecule has 0 saturated carbocycles. The minimum Gasteiger partial charge on any atom is -0.342 e. The summed E-state index contributed by atoms with van der Waals surface area (Å²) in [5.41, 5.74) is 1.14. The van der Waals surface area contributed by atoms with Gasteiger partial charge >= 0.3 is 0 Å². The first-order chi connectivity index (χ1) is 7.29. The van der Waals surface area contributed by atoms with Gasteiger partial charge in [0.15, 0.2) is 0 Å². The van der Waals surface area contributed by atoms with Crippen LogP contribution in [0.4, 0.5) is 0 Å². The Hall–Kier alpha value is -1.03. The molecule has 1 N–H and O–H groups in total. The maximum absolute atomic E-state index is 11.5. The maximum atomic E-state index is 11.5. The van der Waals surface area contributed by atoms with Crippen LogP contribution in [0.1, 0.15) is 12.0 Å². The molecule has 15 heavy (non-hydrogen) atoms. The zero-order valence-corrected chi connectivity index (χ0v) is 9.20. The monoisotopic (exact) mass is 227 g/mol. The van der Waals surface area contributed by atoms with E-state index in [4.69, 9.17) is 11.6 Å². The molecule has 1 amide bonds. The van der Waals surface area contributed by atoms with E-state index >= 15 is 0 Å². The first kappa shape index (κ1) is 10.5. The summed E-state index contributed by atoms with van der Waals surface area (Å²) < 4.78 is 0. The van der Waals surface area contributed by atoms with E-state index in [0.29, 0.717) is 18.2 Å². The van der Waals surface area contributed by atoms with E-state index in [-0.39, 0.29) is 5.91 Å². The molecule has 82 valence electrons. The van der Waals surface area contributed by atoms with Crippen LogP contribution >= 0.6 is 11.6 Å². The van der Waals surface area contributed by atoms with Gasteiger partial charge in [0.05, 0.1) is 6.20 Å². The molecule has 0 aliphatic carbocycles. The highest BCUT2D eigenvalue weighted by Gasteiger charge is 2.28. The van der Waals surface area contributed by atoms with Crippen LogP contribution in [0.2, 0.25) is 0 Å². The van der Waals surface area contributed by atoms with Crippen molar-refractivity contribution in [3.63, 3.8) is 0 Å². The van der Waals surface area contributed by atoms with Crippen molar-refractivity contribution < 1.29 is 4.79 Å². The van der Waals surface area contributed by atoms with Crippen molar-refractivity contribution in [3.05, 3.63) is 18.0 Å². The number of amides is 1. The first-order valence-corrected chi connectivity index (χ1v) is 5.64. The van der Waals surface area contributed by atoms with Gasteiger partial charge in [-0.2, -0.15) is 5.10 Å². The molecular formula is C10H14ClN3O. The number of aromatic nitrogens is 2. The van der Waals surface area contributed by atoms with Crippen molar-refractivity contribution in [2.45, 2.75) is 12.8 Å². The number of rotatable bonds is 4. The number of H-pyrrole nitrogens is 1. The molecule has 1 saturated heterocycles. The Bertz CT molecular complexity index is 325. The Labute approximate surface area is 93.6 Å². The van der Waals surface area contributed by atoms with Gasteiger partial charge in [0, 0.05) is 31.6 Å². The van der Waals surface area contributed by atoms with Crippen LogP contribution in [0.3, 0.4) is 0 Å². The van der Waals surface area contributed by atoms with Crippen LogP contribution < -0.4 is 0 Å². The van der Waals surface area contributed by atoms with E-state index in [9.17, 15) is 4.79 Å². The van der Waals surface area contributed by atoms with Gasteiger partial charge in [-0.15, -0.1) is 11.6 Å². The van der Waals surface area contributed by atoms with Gasteiger partial charge < -0.3 is 4.90 Å². The summed E-state index contributed by atoms with van der Waals surface area (Å²) in [6.07, 6.45) is 5.12. The summed E-state index contributed by atoms with van der Waals surface area (Å²) in [6, 6.07) is 0. The lowest BCUT2D eigenvalue weighted by Crippen LogP contribution is -2.27. The number of hydrogen-bond acceptors (Lipinski definition) is 2. The number of hydrogen-bond donors (Lipinski definition) is 1. The average molecular weight is 228 g/mol. The molecule has 1 aromatic rings. The first-order valence-electron chi connectivity index (χ1n) is 5.11. The third-order valence-electron chi connectivity index (χ3n) is 2.74. The predicted octanol–water partition coefficient (Wildman–Crippen LogP) is 1.04. The van der Waals surface area contributed by atoms with Gasteiger partial charge in [0.1, 0.15) is 0 Å². The molecular weight excluding hydrogens is 214 g/mol. The number of nitrogens with zero attached hydrogens (tertiary/aromatic N) is 2. The Morgan fingerprint density at radius 2 is 2.53 bits per heavy atom. The number of alkyl halides is 1. The normalized spacial score (nSPS) is 21.3. The van der Waals surface area contributed by atoms with Gasteiger partial charge in [0.25, 0.3) is 0 Å². The Balaban J connectivity index is 1.83. The molecule has 1 aliphatic rings. The summed E-state index contributed by atoms with van der Waals surface area (Å²) in [4.78, 5) is 13.4. The largest absolute Gasteiger partial charge is 0.342 e. The fourth-order valence-electron chi connectivity index (χ4n) is 1.85. The van der Waals surface area contributed by atoms with Crippen LogP contribution in [0.5, 0.6) is 0 Å². The van der Waals surface area contributed by atoms with E-state index in [0.717, 1.165) is 25.1 Å². The van der Waals surface area contributed by atoms with Crippen molar-refractivity contribution in [1.29, 1.82) is 0 Å². The van der Waals surface area contributed by atoms with Crippen molar-refractivity contribution in [2.75, 3.05) is 19.0 Å². The highest BCUT2D eigenvalue weighted by atomic mass is 35.5. The Morgan fingerprint density at radius 1 is 1.67 bits per heavy atom. The molecule has 1 aliphatic heterocycles. The number of aromatic amines is 1. The lowest BCUT2D eigenvalue weighted by molar-refractivity contribution is -0.127.